The van der Waals surface area contributed by atoms with E-state index in [2.05, 4.69) is 37.6 Å². The number of alkyl halides is 1. The molecular formula is C16H14BrClN2O. The summed E-state index contributed by atoms with van der Waals surface area (Å²) in [6.07, 6.45) is 0. The molecule has 0 aliphatic carbocycles. The van der Waals surface area contributed by atoms with E-state index in [-0.39, 0.29) is 0 Å². The van der Waals surface area contributed by atoms with Crippen molar-refractivity contribution in [3.05, 3.63) is 58.3 Å². The number of methoxy groups -OCH3 is 1. The van der Waals surface area contributed by atoms with Crippen molar-refractivity contribution in [1.82, 2.24) is 9.55 Å². The van der Waals surface area contributed by atoms with Crippen LogP contribution in [-0.2, 0) is 12.4 Å². The molecule has 0 aliphatic heterocycles. The number of hydrogen-bond acceptors (Lipinski definition) is 2. The molecule has 21 heavy (non-hydrogen) atoms. The zero-order valence-corrected chi connectivity index (χ0v) is 13.9. The summed E-state index contributed by atoms with van der Waals surface area (Å²) in [6, 6.07) is 14.1. The second-order valence-corrected chi connectivity index (χ2v) is 5.92. The number of hydrogen-bond donors (Lipinski definition) is 0. The van der Waals surface area contributed by atoms with E-state index in [1.807, 2.05) is 30.3 Å². The van der Waals surface area contributed by atoms with Crippen LogP contribution < -0.4 is 4.74 Å². The number of nitrogens with zero attached hydrogens (tertiary/aromatic N) is 2. The molecule has 0 bridgehead atoms. The van der Waals surface area contributed by atoms with E-state index in [4.69, 9.17) is 16.3 Å². The van der Waals surface area contributed by atoms with Gasteiger partial charge in [0.1, 0.15) is 11.6 Å². The number of rotatable bonds is 4. The predicted octanol–water partition coefficient (Wildman–Crippen LogP) is 4.59. The highest BCUT2D eigenvalue weighted by atomic mass is 79.9. The Balaban J connectivity index is 2.07. The van der Waals surface area contributed by atoms with Crippen molar-refractivity contribution in [2.75, 3.05) is 7.11 Å². The summed E-state index contributed by atoms with van der Waals surface area (Å²) in [4.78, 5) is 4.59. The maximum Gasteiger partial charge on any atom is 0.125 e. The maximum absolute atomic E-state index is 6.05. The minimum Gasteiger partial charge on any atom is -0.497 e. The molecule has 0 amide bonds. The third kappa shape index (κ3) is 2.92. The summed E-state index contributed by atoms with van der Waals surface area (Å²) in [7, 11) is 1.67. The van der Waals surface area contributed by atoms with E-state index in [1.165, 1.54) is 0 Å². The average Bonchev–Trinajstić information content (AvgIpc) is 2.85. The van der Waals surface area contributed by atoms with Gasteiger partial charge < -0.3 is 9.30 Å². The van der Waals surface area contributed by atoms with Gasteiger partial charge in [-0.15, -0.1) is 11.6 Å². The second-order valence-electron chi connectivity index (χ2n) is 4.73. The first-order valence-corrected chi connectivity index (χ1v) is 7.87. The van der Waals surface area contributed by atoms with Gasteiger partial charge in [0.05, 0.1) is 24.0 Å². The van der Waals surface area contributed by atoms with Gasteiger partial charge in [0.25, 0.3) is 0 Å². The molecule has 0 radical (unpaired) electrons. The van der Waals surface area contributed by atoms with Crippen molar-refractivity contribution in [2.24, 2.45) is 0 Å². The molecule has 0 spiro atoms. The molecule has 0 saturated heterocycles. The van der Waals surface area contributed by atoms with Crippen LogP contribution >= 0.6 is 27.5 Å². The molecular weight excluding hydrogens is 352 g/mol. The largest absolute Gasteiger partial charge is 0.497 e. The SMILES string of the molecule is COc1cccc(Cn2c(CCl)nc3ccc(Br)cc32)c1. The minimum atomic E-state index is 0.385. The lowest BCUT2D eigenvalue weighted by Gasteiger charge is -2.09. The van der Waals surface area contributed by atoms with Gasteiger partial charge in [0.15, 0.2) is 0 Å². The van der Waals surface area contributed by atoms with Crippen molar-refractivity contribution in [2.45, 2.75) is 12.4 Å². The monoisotopic (exact) mass is 364 g/mol. The van der Waals surface area contributed by atoms with Crippen molar-refractivity contribution in [3.8, 4) is 5.75 Å². The van der Waals surface area contributed by atoms with Crippen LogP contribution in [0.25, 0.3) is 11.0 Å². The lowest BCUT2D eigenvalue weighted by molar-refractivity contribution is 0.414. The van der Waals surface area contributed by atoms with Crippen LogP contribution in [0.5, 0.6) is 5.75 Å². The molecule has 0 atom stereocenters. The molecule has 1 heterocycles. The Morgan fingerprint density at radius 2 is 2.10 bits per heavy atom. The number of ether oxygens (including phenoxy) is 1. The highest BCUT2D eigenvalue weighted by Crippen LogP contribution is 2.24. The number of halogens is 2. The van der Waals surface area contributed by atoms with Crippen LogP contribution in [0.4, 0.5) is 0 Å². The topological polar surface area (TPSA) is 27.1 Å². The van der Waals surface area contributed by atoms with Gasteiger partial charge in [-0.2, -0.15) is 0 Å². The summed E-state index contributed by atoms with van der Waals surface area (Å²) in [5.41, 5.74) is 3.18. The average molecular weight is 366 g/mol. The molecule has 3 aromatic rings. The van der Waals surface area contributed by atoms with E-state index in [0.29, 0.717) is 12.4 Å². The summed E-state index contributed by atoms with van der Waals surface area (Å²) >= 11 is 9.56. The van der Waals surface area contributed by atoms with Gasteiger partial charge >= 0.3 is 0 Å². The maximum atomic E-state index is 6.05. The van der Waals surface area contributed by atoms with Gasteiger partial charge in [-0.25, -0.2) is 4.98 Å². The van der Waals surface area contributed by atoms with Crippen LogP contribution in [-0.4, -0.2) is 16.7 Å². The fourth-order valence-electron chi connectivity index (χ4n) is 2.38. The summed E-state index contributed by atoms with van der Waals surface area (Å²) in [5, 5.41) is 0. The van der Waals surface area contributed by atoms with Gasteiger partial charge in [0.2, 0.25) is 0 Å². The first kappa shape index (κ1) is 14.4. The fourth-order valence-corrected chi connectivity index (χ4v) is 2.93. The fraction of sp³-hybridized carbons (Fsp3) is 0.188. The summed E-state index contributed by atoms with van der Waals surface area (Å²) in [5.74, 6) is 2.11. The standard InChI is InChI=1S/C16H14BrClN2O/c1-21-13-4-2-3-11(7-13)10-20-15-8-12(17)5-6-14(15)19-16(20)9-18/h2-8H,9-10H2,1H3. The van der Waals surface area contributed by atoms with Crippen molar-refractivity contribution in [1.29, 1.82) is 0 Å². The van der Waals surface area contributed by atoms with Crippen LogP contribution in [0, 0.1) is 0 Å². The van der Waals surface area contributed by atoms with Crippen LogP contribution in [0.2, 0.25) is 0 Å². The zero-order valence-electron chi connectivity index (χ0n) is 11.5. The Morgan fingerprint density at radius 3 is 2.86 bits per heavy atom. The third-order valence-electron chi connectivity index (χ3n) is 3.38. The first-order valence-electron chi connectivity index (χ1n) is 6.55. The Morgan fingerprint density at radius 1 is 1.24 bits per heavy atom. The summed E-state index contributed by atoms with van der Waals surface area (Å²) < 4.78 is 8.45. The summed E-state index contributed by atoms with van der Waals surface area (Å²) in [6.45, 7) is 0.714. The van der Waals surface area contributed by atoms with Crippen molar-refractivity contribution >= 4 is 38.6 Å². The molecule has 1 aromatic heterocycles. The number of aromatic nitrogens is 2. The second kappa shape index (κ2) is 6.08. The minimum absolute atomic E-state index is 0.385. The normalized spacial score (nSPS) is 11.0. The van der Waals surface area contributed by atoms with E-state index in [1.54, 1.807) is 7.11 Å². The highest BCUT2D eigenvalue weighted by Gasteiger charge is 2.11. The van der Waals surface area contributed by atoms with Crippen molar-refractivity contribution in [3.63, 3.8) is 0 Å². The highest BCUT2D eigenvalue weighted by molar-refractivity contribution is 9.10. The number of benzene rings is 2. The van der Waals surface area contributed by atoms with Gasteiger partial charge in [-0.1, -0.05) is 28.1 Å². The van der Waals surface area contributed by atoms with Gasteiger partial charge in [0, 0.05) is 11.0 Å². The van der Waals surface area contributed by atoms with Crippen molar-refractivity contribution < 1.29 is 4.74 Å². The lowest BCUT2D eigenvalue weighted by atomic mass is 10.2. The molecule has 0 saturated carbocycles. The predicted molar refractivity (Wildman–Crippen MR) is 89.1 cm³/mol. The first-order chi connectivity index (χ1) is 10.2. The van der Waals surface area contributed by atoms with E-state index in [0.717, 1.165) is 32.6 Å². The number of fused-ring (bicyclic) bond motifs is 1. The molecule has 0 fully saturated rings. The molecule has 0 aliphatic rings. The van der Waals surface area contributed by atoms with Crippen LogP contribution in [0.1, 0.15) is 11.4 Å². The molecule has 3 nitrogen and oxygen atoms in total. The van der Waals surface area contributed by atoms with E-state index >= 15 is 0 Å². The van der Waals surface area contributed by atoms with Crippen LogP contribution in [0.15, 0.2) is 46.9 Å². The Hall–Kier alpha value is -1.52. The smallest absolute Gasteiger partial charge is 0.125 e. The van der Waals surface area contributed by atoms with E-state index in [9.17, 15) is 0 Å². The molecule has 3 rings (SSSR count). The molecule has 2 aromatic carbocycles. The molecule has 108 valence electrons. The number of imidazole rings is 1. The van der Waals surface area contributed by atoms with E-state index < -0.39 is 0 Å². The Kier molecular flexibility index (Phi) is 4.17. The molecule has 0 N–H and O–H groups in total. The Labute approximate surface area is 136 Å². The Bertz CT molecular complexity index is 785. The third-order valence-corrected chi connectivity index (χ3v) is 4.12. The molecule has 5 heteroatoms. The van der Waals surface area contributed by atoms with Crippen LogP contribution in [0.3, 0.4) is 0 Å². The quantitative estimate of drug-likeness (QED) is 0.632. The molecule has 0 unspecified atom stereocenters. The van der Waals surface area contributed by atoms with Gasteiger partial charge in [-0.05, 0) is 35.9 Å². The van der Waals surface area contributed by atoms with Gasteiger partial charge in [-0.3, -0.25) is 0 Å². The lowest BCUT2D eigenvalue weighted by Crippen LogP contribution is -2.04. The zero-order chi connectivity index (χ0) is 14.8.